The Morgan fingerprint density at radius 2 is 2.06 bits per heavy atom. The number of amides is 1. The highest BCUT2D eigenvalue weighted by molar-refractivity contribution is 7.17. The molecule has 1 saturated heterocycles. The maximum absolute atomic E-state index is 14.9. The number of Topliss-reactive ketones (excluding diaryl/α,β-unsaturated/α-hetero) is 1. The highest BCUT2D eigenvalue weighted by atomic mass is 35.5. The van der Waals surface area contributed by atoms with E-state index in [9.17, 15) is 14.0 Å². The van der Waals surface area contributed by atoms with E-state index >= 15 is 0 Å². The van der Waals surface area contributed by atoms with Gasteiger partial charge in [-0.3, -0.25) is 19.9 Å². The Hall–Kier alpha value is -2.95. The fourth-order valence-electron chi connectivity index (χ4n) is 3.52. The Balaban J connectivity index is 1.63. The Kier molecular flexibility index (Phi) is 6.96. The predicted octanol–water partition coefficient (Wildman–Crippen LogP) is 4.71. The minimum absolute atomic E-state index is 0.00222. The number of aromatic nitrogens is 3. The number of nitrogens with one attached hydrogen (secondary N) is 1. The first-order chi connectivity index (χ1) is 15.9. The van der Waals surface area contributed by atoms with Crippen LogP contribution in [0, 0.1) is 12.7 Å². The van der Waals surface area contributed by atoms with Crippen LogP contribution in [0.5, 0.6) is 5.75 Å². The van der Waals surface area contributed by atoms with Gasteiger partial charge >= 0.3 is 0 Å². The van der Waals surface area contributed by atoms with Gasteiger partial charge in [0.05, 0.1) is 35.5 Å². The van der Waals surface area contributed by atoms with Gasteiger partial charge in [-0.1, -0.05) is 22.9 Å². The zero-order valence-electron chi connectivity index (χ0n) is 17.9. The average molecular weight is 491 g/mol. The molecule has 1 unspecified atom stereocenters. The van der Waals surface area contributed by atoms with Gasteiger partial charge in [-0.15, -0.1) is 0 Å². The number of ketones is 1. The molecular formula is C22H20ClFN4O4S. The first-order valence-electron chi connectivity index (χ1n) is 10.2. The van der Waals surface area contributed by atoms with Gasteiger partial charge in [-0.2, -0.15) is 0 Å². The highest BCUT2D eigenvalue weighted by Gasteiger charge is 2.26. The van der Waals surface area contributed by atoms with E-state index in [0.717, 1.165) is 24.2 Å². The Bertz CT molecular complexity index is 1210. The zero-order valence-corrected chi connectivity index (χ0v) is 19.4. The molecule has 172 valence electrons. The van der Waals surface area contributed by atoms with Crippen molar-refractivity contribution in [3.63, 3.8) is 0 Å². The van der Waals surface area contributed by atoms with E-state index in [-0.39, 0.29) is 38.5 Å². The second-order valence-corrected chi connectivity index (χ2v) is 8.77. The lowest BCUT2D eigenvalue weighted by molar-refractivity contribution is 0.0189. The molecule has 4 heterocycles. The fraction of sp³-hybridized carbons (Fsp3) is 0.318. The minimum Gasteiger partial charge on any atom is -0.494 e. The van der Waals surface area contributed by atoms with E-state index in [4.69, 9.17) is 21.1 Å². The summed E-state index contributed by atoms with van der Waals surface area (Å²) in [6, 6.07) is 1.56. The van der Waals surface area contributed by atoms with Crippen molar-refractivity contribution < 1.29 is 23.5 Å². The summed E-state index contributed by atoms with van der Waals surface area (Å²) >= 11 is 6.94. The smallest absolute Gasteiger partial charge is 0.259 e. The van der Waals surface area contributed by atoms with E-state index in [1.165, 1.54) is 25.7 Å². The maximum Gasteiger partial charge on any atom is 0.259 e. The van der Waals surface area contributed by atoms with Crippen molar-refractivity contribution in [2.24, 2.45) is 0 Å². The molecule has 0 aromatic carbocycles. The van der Waals surface area contributed by atoms with Crippen molar-refractivity contribution in [3.05, 3.63) is 51.8 Å². The number of carbonyl (C=O) groups is 2. The summed E-state index contributed by atoms with van der Waals surface area (Å²) in [5.74, 6) is -1.42. The van der Waals surface area contributed by atoms with Crippen molar-refractivity contribution in [3.8, 4) is 16.9 Å². The number of halogens is 2. The second kappa shape index (κ2) is 9.90. The molecule has 8 nitrogen and oxygen atoms in total. The lowest BCUT2D eigenvalue weighted by Gasteiger charge is -2.20. The molecule has 11 heteroatoms. The molecule has 3 aromatic rings. The topological polar surface area (TPSA) is 103 Å². The van der Waals surface area contributed by atoms with E-state index in [1.807, 2.05) is 0 Å². The van der Waals surface area contributed by atoms with Crippen LogP contribution in [-0.2, 0) is 4.74 Å². The molecule has 1 fully saturated rings. The van der Waals surface area contributed by atoms with E-state index in [2.05, 4.69) is 20.3 Å². The van der Waals surface area contributed by atoms with Crippen LogP contribution in [0.4, 0.5) is 9.52 Å². The third kappa shape index (κ3) is 4.87. The minimum atomic E-state index is -0.815. The monoisotopic (exact) mass is 490 g/mol. The molecule has 1 N–H and O–H groups in total. The van der Waals surface area contributed by atoms with E-state index < -0.39 is 17.8 Å². The van der Waals surface area contributed by atoms with Crippen LogP contribution in [0.3, 0.4) is 0 Å². The summed E-state index contributed by atoms with van der Waals surface area (Å²) in [5.41, 5.74) is 0.879. The van der Waals surface area contributed by atoms with Crippen molar-refractivity contribution in [1.29, 1.82) is 0 Å². The first-order valence-corrected chi connectivity index (χ1v) is 11.4. The quantitative estimate of drug-likeness (QED) is 0.394. The molecular weight excluding hydrogens is 471 g/mol. The molecule has 1 aliphatic rings. The highest BCUT2D eigenvalue weighted by Crippen LogP contribution is 2.37. The molecule has 3 aromatic heterocycles. The number of carbonyl (C=O) groups excluding carboxylic acids is 2. The van der Waals surface area contributed by atoms with Gasteiger partial charge in [-0.05, 0) is 32.3 Å². The van der Waals surface area contributed by atoms with Gasteiger partial charge in [-0.25, -0.2) is 14.4 Å². The van der Waals surface area contributed by atoms with Gasteiger partial charge in [0.2, 0.25) is 5.78 Å². The van der Waals surface area contributed by atoms with Crippen molar-refractivity contribution in [2.45, 2.75) is 32.3 Å². The number of nitrogens with zero attached hydrogens (tertiary/aromatic N) is 3. The zero-order chi connectivity index (χ0) is 23.5. The standard InChI is InChI=1S/C22H20ClFN4O4S/c1-11-7-12(17-15(31-2)9-26-20(23)18(17)24)13(8-25-11)21(30)28-22-27-10-16(33-22)19(29)14-5-3-4-6-32-14/h7-10,14H,3-6H2,1-2H3,(H,27,28,30). The lowest BCUT2D eigenvalue weighted by atomic mass is 10.00. The Morgan fingerprint density at radius 1 is 1.24 bits per heavy atom. The van der Waals surface area contributed by atoms with E-state index in [1.54, 1.807) is 13.0 Å². The summed E-state index contributed by atoms with van der Waals surface area (Å²) in [6.07, 6.45) is 6.09. The molecule has 1 atom stereocenters. The number of ether oxygens (including phenoxy) is 2. The molecule has 1 amide bonds. The van der Waals surface area contributed by atoms with Gasteiger partial charge in [0.25, 0.3) is 5.91 Å². The Labute approximate surface area is 198 Å². The fourth-order valence-corrected chi connectivity index (χ4v) is 4.46. The predicted molar refractivity (Wildman–Crippen MR) is 122 cm³/mol. The molecule has 1 aliphatic heterocycles. The van der Waals surface area contributed by atoms with Crippen LogP contribution in [0.15, 0.2) is 24.7 Å². The number of methoxy groups -OCH3 is 1. The van der Waals surface area contributed by atoms with E-state index in [0.29, 0.717) is 23.6 Å². The number of aryl methyl sites for hydroxylation is 1. The number of rotatable bonds is 6. The lowest BCUT2D eigenvalue weighted by Crippen LogP contribution is -2.27. The number of hydrogen-bond acceptors (Lipinski definition) is 8. The van der Waals surface area contributed by atoms with Gasteiger partial charge in [0.15, 0.2) is 16.1 Å². The van der Waals surface area contributed by atoms with Crippen LogP contribution in [-0.4, -0.2) is 46.5 Å². The summed E-state index contributed by atoms with van der Waals surface area (Å²) in [4.78, 5) is 38.2. The summed E-state index contributed by atoms with van der Waals surface area (Å²) in [7, 11) is 1.37. The third-order valence-corrected chi connectivity index (χ3v) is 6.35. The van der Waals surface area contributed by atoms with Crippen LogP contribution < -0.4 is 10.1 Å². The molecule has 0 saturated carbocycles. The van der Waals surface area contributed by atoms with Crippen LogP contribution >= 0.6 is 22.9 Å². The Morgan fingerprint density at radius 3 is 2.79 bits per heavy atom. The third-order valence-electron chi connectivity index (χ3n) is 5.16. The number of hydrogen-bond donors (Lipinski definition) is 1. The van der Waals surface area contributed by atoms with Crippen LogP contribution in [0.2, 0.25) is 5.15 Å². The summed E-state index contributed by atoms with van der Waals surface area (Å²) < 4.78 is 25.7. The molecule has 0 aliphatic carbocycles. The molecule has 0 bridgehead atoms. The SMILES string of the molecule is COc1cnc(Cl)c(F)c1-c1cc(C)ncc1C(=O)Nc1ncc(C(=O)C2CCCCO2)s1. The summed E-state index contributed by atoms with van der Waals surface area (Å²) in [5, 5.41) is 2.54. The largest absolute Gasteiger partial charge is 0.494 e. The van der Waals surface area contributed by atoms with Crippen LogP contribution in [0.25, 0.3) is 11.1 Å². The molecule has 33 heavy (non-hydrogen) atoms. The van der Waals surface area contributed by atoms with Crippen molar-refractivity contribution in [2.75, 3.05) is 19.0 Å². The van der Waals surface area contributed by atoms with Gasteiger partial charge in [0.1, 0.15) is 11.9 Å². The first kappa shape index (κ1) is 23.2. The molecule has 0 radical (unpaired) electrons. The number of pyridine rings is 2. The van der Waals surface area contributed by atoms with Crippen molar-refractivity contribution in [1.82, 2.24) is 15.0 Å². The number of anilines is 1. The summed E-state index contributed by atoms with van der Waals surface area (Å²) in [6.45, 7) is 2.27. The second-order valence-electron chi connectivity index (χ2n) is 7.38. The van der Waals surface area contributed by atoms with Gasteiger partial charge in [0, 0.05) is 24.1 Å². The van der Waals surface area contributed by atoms with Crippen molar-refractivity contribution >= 4 is 39.8 Å². The molecule has 4 rings (SSSR count). The van der Waals surface area contributed by atoms with Gasteiger partial charge < -0.3 is 9.47 Å². The average Bonchev–Trinajstić information content (AvgIpc) is 3.29. The maximum atomic E-state index is 14.9. The number of thiazole rings is 1. The molecule has 0 spiro atoms. The van der Waals surface area contributed by atoms with Crippen LogP contribution in [0.1, 0.15) is 45.0 Å². The normalized spacial score (nSPS) is 15.8.